The van der Waals surface area contributed by atoms with Crippen LogP contribution in [0.15, 0.2) is 61.4 Å². The van der Waals surface area contributed by atoms with Crippen molar-refractivity contribution in [3.05, 3.63) is 89.9 Å². The van der Waals surface area contributed by atoms with Gasteiger partial charge in [-0.05, 0) is 91.3 Å². The number of nitrogens with zero attached hydrogens (tertiary/aromatic N) is 5. The molecule has 2 fully saturated rings. The van der Waals surface area contributed by atoms with Crippen LogP contribution in [-0.2, 0) is 17.6 Å². The highest BCUT2D eigenvalue weighted by Crippen LogP contribution is 2.46. The van der Waals surface area contributed by atoms with Crippen molar-refractivity contribution < 1.29 is 18.3 Å². The molecule has 2 aromatic heterocycles. The van der Waals surface area contributed by atoms with Crippen LogP contribution < -0.4 is 9.64 Å². The van der Waals surface area contributed by atoms with Crippen LogP contribution in [0, 0.1) is 23.5 Å². The van der Waals surface area contributed by atoms with E-state index in [9.17, 15) is 8.78 Å². The summed E-state index contributed by atoms with van der Waals surface area (Å²) in [4.78, 5) is 19.8. The number of ether oxygens (including phenoxy) is 2. The highest BCUT2D eigenvalue weighted by Gasteiger charge is 2.48. The molecule has 1 spiro atoms. The quantitative estimate of drug-likeness (QED) is 0.244. The monoisotopic (exact) mass is 583 g/mol. The van der Waals surface area contributed by atoms with E-state index in [4.69, 9.17) is 9.47 Å². The topological polar surface area (TPSA) is 73.3 Å². The average molecular weight is 584 g/mol. The predicted molar refractivity (Wildman–Crippen MR) is 159 cm³/mol. The molecule has 7 rings (SSSR count). The van der Waals surface area contributed by atoms with Gasteiger partial charge in [0.15, 0.2) is 11.6 Å². The van der Waals surface area contributed by atoms with Crippen molar-refractivity contribution in [2.75, 3.05) is 24.6 Å². The molecule has 4 heterocycles. The van der Waals surface area contributed by atoms with Gasteiger partial charge in [0.25, 0.3) is 0 Å². The molecule has 3 atom stereocenters. The maximum absolute atomic E-state index is 14.5. The third-order valence-corrected chi connectivity index (χ3v) is 9.36. The molecule has 0 saturated carbocycles. The smallest absolute Gasteiger partial charge is 0.188 e. The van der Waals surface area contributed by atoms with E-state index in [1.807, 2.05) is 19.9 Å². The Hall–Kier alpha value is -3.98. The first kappa shape index (κ1) is 27.8. The normalized spacial score (nSPS) is 23.2. The highest BCUT2D eigenvalue weighted by molar-refractivity contribution is 5.73. The van der Waals surface area contributed by atoms with E-state index >= 15 is 0 Å². The molecule has 4 aromatic rings. The third-order valence-electron chi connectivity index (χ3n) is 9.36. The third kappa shape index (κ3) is 5.46. The summed E-state index contributed by atoms with van der Waals surface area (Å²) in [6.07, 6.45) is 11.3. The second-order valence-corrected chi connectivity index (χ2v) is 12.5. The van der Waals surface area contributed by atoms with E-state index < -0.39 is 0 Å². The summed E-state index contributed by atoms with van der Waals surface area (Å²) in [5.74, 6) is 2.29. The zero-order valence-electron chi connectivity index (χ0n) is 24.5. The maximum atomic E-state index is 14.5. The van der Waals surface area contributed by atoms with Crippen molar-refractivity contribution in [3.63, 3.8) is 0 Å². The van der Waals surface area contributed by atoms with E-state index in [0.717, 1.165) is 62.1 Å². The zero-order valence-corrected chi connectivity index (χ0v) is 24.5. The minimum absolute atomic E-state index is 0.118. The van der Waals surface area contributed by atoms with Gasteiger partial charge in [-0.25, -0.2) is 28.7 Å². The van der Waals surface area contributed by atoms with Crippen LogP contribution in [-0.4, -0.2) is 45.2 Å². The molecule has 0 N–H and O–H groups in total. The van der Waals surface area contributed by atoms with Gasteiger partial charge in [0, 0.05) is 30.4 Å². The first-order valence-electron chi connectivity index (χ1n) is 15.1. The van der Waals surface area contributed by atoms with Crippen LogP contribution in [0.25, 0.3) is 11.1 Å². The molecule has 9 heteroatoms. The number of anilines is 1. The van der Waals surface area contributed by atoms with Crippen molar-refractivity contribution in [1.82, 2.24) is 19.9 Å². The average Bonchev–Trinajstić information content (AvgIpc) is 3.64. The van der Waals surface area contributed by atoms with Gasteiger partial charge in [0.2, 0.25) is 0 Å². The molecule has 1 aliphatic carbocycles. The van der Waals surface area contributed by atoms with Gasteiger partial charge in [-0.3, -0.25) is 0 Å². The van der Waals surface area contributed by atoms with Gasteiger partial charge >= 0.3 is 0 Å². The van der Waals surface area contributed by atoms with Crippen molar-refractivity contribution in [2.45, 2.75) is 57.5 Å². The summed E-state index contributed by atoms with van der Waals surface area (Å²) in [7, 11) is 0. The lowest BCUT2D eigenvalue weighted by Gasteiger charge is -2.29. The number of hydrogen-bond acceptors (Lipinski definition) is 7. The van der Waals surface area contributed by atoms with E-state index in [2.05, 4.69) is 24.8 Å². The predicted octanol–water partition coefficient (Wildman–Crippen LogP) is 6.92. The van der Waals surface area contributed by atoms with Gasteiger partial charge in [-0.15, -0.1) is 0 Å². The number of fused-ring (bicyclic) bond motifs is 1. The van der Waals surface area contributed by atoms with E-state index in [0.29, 0.717) is 41.3 Å². The Kier molecular flexibility index (Phi) is 7.29. The first-order valence-corrected chi connectivity index (χ1v) is 15.1. The van der Waals surface area contributed by atoms with Crippen LogP contribution in [0.3, 0.4) is 0 Å². The Morgan fingerprint density at radius 2 is 1.74 bits per heavy atom. The Morgan fingerprint density at radius 1 is 0.930 bits per heavy atom. The fraction of sp³-hybridized carbons (Fsp3) is 0.412. The Bertz CT molecular complexity index is 1650. The Labute approximate surface area is 250 Å². The molecular weight excluding hydrogens is 548 g/mol. The van der Waals surface area contributed by atoms with Crippen molar-refractivity contribution >= 4 is 5.82 Å². The molecule has 3 aliphatic rings. The van der Waals surface area contributed by atoms with Crippen molar-refractivity contribution in [3.8, 4) is 22.6 Å². The first-order chi connectivity index (χ1) is 20.9. The van der Waals surface area contributed by atoms with Gasteiger partial charge in [0.05, 0.1) is 24.1 Å². The summed E-state index contributed by atoms with van der Waals surface area (Å²) >= 11 is 0. The van der Waals surface area contributed by atoms with Gasteiger partial charge < -0.3 is 14.4 Å². The Morgan fingerprint density at radius 3 is 2.63 bits per heavy atom. The summed E-state index contributed by atoms with van der Waals surface area (Å²) in [6, 6.07) is 9.71. The summed E-state index contributed by atoms with van der Waals surface area (Å²) in [5, 5.41) is 0. The highest BCUT2D eigenvalue weighted by atomic mass is 19.1. The maximum Gasteiger partial charge on any atom is 0.188 e. The summed E-state index contributed by atoms with van der Waals surface area (Å²) < 4.78 is 41.2. The molecule has 2 saturated heterocycles. The molecule has 43 heavy (non-hydrogen) atoms. The largest absolute Gasteiger partial charge is 0.451 e. The number of benzene rings is 2. The number of halogens is 2. The molecular formula is C34H35F2N5O2. The van der Waals surface area contributed by atoms with Gasteiger partial charge in [0.1, 0.15) is 30.0 Å². The molecule has 2 aromatic carbocycles. The van der Waals surface area contributed by atoms with Crippen LogP contribution in [0.5, 0.6) is 11.5 Å². The molecule has 2 aliphatic heterocycles. The zero-order chi connectivity index (χ0) is 29.6. The number of rotatable bonds is 6. The fourth-order valence-corrected chi connectivity index (χ4v) is 7.19. The summed E-state index contributed by atoms with van der Waals surface area (Å²) in [6.45, 7) is 6.33. The van der Waals surface area contributed by atoms with Gasteiger partial charge in [-0.1, -0.05) is 19.9 Å². The van der Waals surface area contributed by atoms with E-state index in [-0.39, 0.29) is 23.2 Å². The molecule has 0 bridgehead atoms. The Balaban J connectivity index is 1.10. The molecule has 0 amide bonds. The van der Waals surface area contributed by atoms with E-state index in [1.165, 1.54) is 30.4 Å². The lowest BCUT2D eigenvalue weighted by molar-refractivity contribution is 0.0207. The molecule has 222 valence electrons. The number of hydrogen-bond donors (Lipinski definition) is 0. The minimum Gasteiger partial charge on any atom is -0.451 e. The second-order valence-electron chi connectivity index (χ2n) is 12.5. The van der Waals surface area contributed by atoms with Crippen LogP contribution >= 0.6 is 0 Å². The van der Waals surface area contributed by atoms with Crippen molar-refractivity contribution in [1.29, 1.82) is 0 Å². The lowest BCUT2D eigenvalue weighted by Crippen LogP contribution is -2.33. The summed E-state index contributed by atoms with van der Waals surface area (Å²) in [5.41, 5.74) is 4.32. The van der Waals surface area contributed by atoms with E-state index in [1.54, 1.807) is 30.6 Å². The number of aromatic nitrogens is 4. The van der Waals surface area contributed by atoms with Crippen molar-refractivity contribution in [2.24, 2.45) is 11.8 Å². The lowest BCUT2D eigenvalue weighted by atomic mass is 9.75. The molecule has 0 radical (unpaired) electrons. The fourth-order valence-electron chi connectivity index (χ4n) is 7.19. The molecule has 3 unspecified atom stereocenters. The van der Waals surface area contributed by atoms with Crippen LogP contribution in [0.2, 0.25) is 0 Å². The SMILES string of the molecule is CC(C)c1ncncc1-c1cc(F)ccc1Oc1cncnc1N1CCC2(CC(C3CCc4cc(F)ccc4C3)CO2)C1. The van der Waals surface area contributed by atoms with Crippen LogP contribution in [0.1, 0.15) is 55.8 Å². The second kappa shape index (κ2) is 11.3. The van der Waals surface area contributed by atoms with Crippen LogP contribution in [0.4, 0.5) is 14.6 Å². The van der Waals surface area contributed by atoms with Gasteiger partial charge in [-0.2, -0.15) is 0 Å². The number of aryl methyl sites for hydroxylation is 1. The minimum atomic E-state index is -0.367. The molecule has 7 nitrogen and oxygen atoms in total. The standard InChI is InChI=1S/C34H35F2N5O2/c1-21(2)32-29(15-37-19-39-32)28-13-27(36)7-8-30(28)43-31-16-38-20-40-33(31)41-10-9-34(18-41)14-25(17-42-34)23-3-4-24-12-26(35)6-5-22(24)11-23/h5-8,12-13,15-16,19-21,23,25H,3-4,9-11,14,17-18H2,1-2H3.